The topological polar surface area (TPSA) is 149 Å². The number of rotatable bonds is 35. The number of hydrogen-bond donors (Lipinski definition) is 6. The second-order valence-corrected chi connectivity index (χ2v) is 15.1. The van der Waals surface area contributed by atoms with Crippen LogP contribution in [0, 0.1) is 0 Å². The molecule has 9 nitrogen and oxygen atoms in total. The van der Waals surface area contributed by atoms with Gasteiger partial charge in [0, 0.05) is 6.42 Å². The summed E-state index contributed by atoms with van der Waals surface area (Å²) in [4.78, 5) is 12.9. The van der Waals surface area contributed by atoms with E-state index in [4.69, 9.17) is 9.47 Å². The Morgan fingerprint density at radius 1 is 0.635 bits per heavy atom. The van der Waals surface area contributed by atoms with Gasteiger partial charge in [0.15, 0.2) is 6.29 Å². The number of unbranched alkanes of at least 4 members (excludes halogenated alkanes) is 23. The van der Waals surface area contributed by atoms with E-state index >= 15 is 0 Å². The van der Waals surface area contributed by atoms with Gasteiger partial charge in [0.2, 0.25) is 5.91 Å². The second-order valence-electron chi connectivity index (χ2n) is 15.1. The number of ether oxygens (including phenoxy) is 2. The third kappa shape index (κ3) is 24.9. The molecule has 1 heterocycles. The Hall–Kier alpha value is -1.33. The second kappa shape index (κ2) is 34.2. The van der Waals surface area contributed by atoms with Crippen molar-refractivity contribution in [2.24, 2.45) is 0 Å². The van der Waals surface area contributed by atoms with Crippen molar-refractivity contribution >= 4 is 5.91 Å². The highest BCUT2D eigenvalue weighted by atomic mass is 16.7. The van der Waals surface area contributed by atoms with Gasteiger partial charge >= 0.3 is 0 Å². The van der Waals surface area contributed by atoms with Crippen molar-refractivity contribution in [3.63, 3.8) is 0 Å². The van der Waals surface area contributed by atoms with Gasteiger partial charge in [-0.05, 0) is 32.1 Å². The lowest BCUT2D eigenvalue weighted by molar-refractivity contribution is -0.302. The zero-order valence-electron chi connectivity index (χ0n) is 33.3. The number of aliphatic hydroxyl groups excluding tert-OH is 5. The number of carbonyl (C=O) groups excluding carboxylic acids is 1. The van der Waals surface area contributed by atoms with Gasteiger partial charge in [-0.2, -0.15) is 0 Å². The predicted molar refractivity (Wildman–Crippen MR) is 212 cm³/mol. The van der Waals surface area contributed by atoms with E-state index in [1.165, 1.54) is 128 Å². The highest BCUT2D eigenvalue weighted by Gasteiger charge is 2.44. The maximum Gasteiger partial charge on any atom is 0.220 e. The molecule has 1 amide bonds. The number of nitrogens with one attached hydrogen (secondary N) is 1. The molecule has 0 bridgehead atoms. The van der Waals surface area contributed by atoms with E-state index in [0.29, 0.717) is 6.42 Å². The SMILES string of the molecule is CCCCCCCCCCCCC/C=C/CC/C=C/[C@@H](O)[C@H](CO[C@@H]1O[C@H](CO)[C@@H](O)C(O)C1O)NC(=O)CCCCCCCCCCCCCC. The Labute approximate surface area is 318 Å². The van der Waals surface area contributed by atoms with Crippen LogP contribution in [0.5, 0.6) is 0 Å². The first-order valence-corrected chi connectivity index (χ1v) is 21.6. The molecule has 52 heavy (non-hydrogen) atoms. The molecule has 0 saturated carbocycles. The smallest absolute Gasteiger partial charge is 0.220 e. The Balaban J connectivity index is 2.42. The first kappa shape index (κ1) is 48.7. The molecule has 1 saturated heterocycles. The van der Waals surface area contributed by atoms with E-state index < -0.39 is 49.5 Å². The molecule has 0 radical (unpaired) electrons. The van der Waals surface area contributed by atoms with E-state index in [9.17, 15) is 30.3 Å². The summed E-state index contributed by atoms with van der Waals surface area (Å²) in [5, 5.41) is 54.0. The van der Waals surface area contributed by atoms with Crippen LogP contribution in [-0.4, -0.2) is 87.5 Å². The number of amides is 1. The van der Waals surface area contributed by atoms with Crippen LogP contribution in [0.4, 0.5) is 0 Å². The largest absolute Gasteiger partial charge is 0.394 e. The van der Waals surface area contributed by atoms with Crippen LogP contribution in [0.25, 0.3) is 0 Å². The minimum absolute atomic E-state index is 0.188. The molecule has 0 aromatic rings. The van der Waals surface area contributed by atoms with Gasteiger partial charge in [-0.25, -0.2) is 0 Å². The van der Waals surface area contributed by atoms with Gasteiger partial charge in [0.1, 0.15) is 24.4 Å². The molecule has 0 aliphatic carbocycles. The summed E-state index contributed by atoms with van der Waals surface area (Å²) in [6, 6.07) is -0.815. The summed E-state index contributed by atoms with van der Waals surface area (Å²) in [6.45, 7) is 3.74. The van der Waals surface area contributed by atoms with E-state index in [0.717, 1.165) is 38.5 Å². The molecule has 6 N–H and O–H groups in total. The van der Waals surface area contributed by atoms with Gasteiger partial charge < -0.3 is 40.3 Å². The van der Waals surface area contributed by atoms with Gasteiger partial charge in [-0.3, -0.25) is 4.79 Å². The van der Waals surface area contributed by atoms with Crippen LogP contribution in [0.3, 0.4) is 0 Å². The molecular weight excluding hydrogens is 658 g/mol. The van der Waals surface area contributed by atoms with Crippen LogP contribution in [0.1, 0.15) is 187 Å². The Bertz CT molecular complexity index is 868. The minimum Gasteiger partial charge on any atom is -0.394 e. The van der Waals surface area contributed by atoms with Gasteiger partial charge in [0.25, 0.3) is 0 Å². The summed E-state index contributed by atoms with van der Waals surface area (Å²) >= 11 is 0. The Morgan fingerprint density at radius 2 is 1.10 bits per heavy atom. The maximum atomic E-state index is 12.9. The first-order chi connectivity index (χ1) is 25.3. The van der Waals surface area contributed by atoms with Crippen LogP contribution in [0.15, 0.2) is 24.3 Å². The molecule has 7 atom stereocenters. The van der Waals surface area contributed by atoms with Gasteiger partial charge in [0.05, 0.1) is 25.4 Å². The predicted octanol–water partition coefficient (Wildman–Crippen LogP) is 8.33. The monoisotopic (exact) mass is 740 g/mol. The fourth-order valence-electron chi connectivity index (χ4n) is 6.76. The lowest BCUT2D eigenvalue weighted by atomic mass is 9.99. The highest BCUT2D eigenvalue weighted by molar-refractivity contribution is 5.76. The van der Waals surface area contributed by atoms with Crippen molar-refractivity contribution in [1.82, 2.24) is 5.32 Å². The molecule has 1 fully saturated rings. The van der Waals surface area contributed by atoms with Crippen LogP contribution < -0.4 is 5.32 Å². The van der Waals surface area contributed by atoms with Gasteiger partial charge in [-0.1, -0.05) is 173 Å². The van der Waals surface area contributed by atoms with Gasteiger partial charge in [-0.15, -0.1) is 0 Å². The Kier molecular flexibility index (Phi) is 32.0. The molecule has 0 spiro atoms. The summed E-state index contributed by atoms with van der Waals surface area (Å²) in [7, 11) is 0. The van der Waals surface area contributed by atoms with E-state index in [1.54, 1.807) is 6.08 Å². The minimum atomic E-state index is -1.57. The van der Waals surface area contributed by atoms with E-state index in [1.807, 2.05) is 6.08 Å². The number of aliphatic hydroxyl groups is 5. The fraction of sp³-hybridized carbons (Fsp3) is 0.884. The molecule has 0 aromatic carbocycles. The third-order valence-electron chi connectivity index (χ3n) is 10.3. The first-order valence-electron chi connectivity index (χ1n) is 21.6. The van der Waals surface area contributed by atoms with Crippen LogP contribution in [-0.2, 0) is 14.3 Å². The zero-order valence-corrected chi connectivity index (χ0v) is 33.3. The molecule has 2 unspecified atom stereocenters. The average molecular weight is 740 g/mol. The summed E-state index contributed by atoms with van der Waals surface area (Å²) in [5.41, 5.74) is 0. The fourth-order valence-corrected chi connectivity index (χ4v) is 6.76. The normalized spacial score (nSPS) is 22.0. The number of carbonyl (C=O) groups is 1. The van der Waals surface area contributed by atoms with Crippen molar-refractivity contribution in [2.45, 2.75) is 230 Å². The zero-order chi connectivity index (χ0) is 38.1. The van der Waals surface area contributed by atoms with E-state index in [-0.39, 0.29) is 12.5 Å². The Morgan fingerprint density at radius 3 is 1.62 bits per heavy atom. The summed E-state index contributed by atoms with van der Waals surface area (Å²) in [6.07, 6.45) is 32.2. The molecule has 1 rings (SSSR count). The van der Waals surface area contributed by atoms with Crippen molar-refractivity contribution in [2.75, 3.05) is 13.2 Å². The molecular formula is C43H81NO8. The molecule has 1 aliphatic heterocycles. The molecule has 306 valence electrons. The van der Waals surface area contributed by atoms with Crippen molar-refractivity contribution in [1.29, 1.82) is 0 Å². The standard InChI is InChI=1S/C43H81NO8/c1-3-5-7-9-11-13-15-17-18-19-20-21-22-24-26-28-30-32-37(46)36(35-51-43-42(50)41(49)40(48)38(34-45)52-43)44-39(47)33-31-29-27-25-23-16-14-12-10-8-6-4-2/h22,24,30,32,36-38,40-43,45-46,48-50H,3-21,23,25-29,31,33-35H2,1-2H3,(H,44,47)/b24-22+,32-30+/t36-,37+,38+,40+,41?,42?,43+/m0/s1. The van der Waals surface area contributed by atoms with E-state index in [2.05, 4.69) is 31.3 Å². The number of allylic oxidation sites excluding steroid dienone is 3. The molecule has 1 aliphatic rings. The highest BCUT2D eigenvalue weighted by Crippen LogP contribution is 2.22. The van der Waals surface area contributed by atoms with Crippen LogP contribution in [0.2, 0.25) is 0 Å². The van der Waals surface area contributed by atoms with Crippen molar-refractivity contribution in [3.05, 3.63) is 24.3 Å². The number of hydrogen-bond acceptors (Lipinski definition) is 8. The van der Waals surface area contributed by atoms with Crippen molar-refractivity contribution < 1.29 is 39.8 Å². The maximum absolute atomic E-state index is 12.9. The lowest BCUT2D eigenvalue weighted by Crippen LogP contribution is -2.60. The lowest BCUT2D eigenvalue weighted by Gasteiger charge is -2.40. The summed E-state index contributed by atoms with van der Waals surface area (Å²) in [5.74, 6) is -0.188. The average Bonchev–Trinajstić information content (AvgIpc) is 3.14. The molecule has 9 heteroatoms. The molecule has 0 aromatic heterocycles. The third-order valence-corrected chi connectivity index (χ3v) is 10.3. The van der Waals surface area contributed by atoms with Crippen molar-refractivity contribution in [3.8, 4) is 0 Å². The summed E-state index contributed by atoms with van der Waals surface area (Å²) < 4.78 is 11.2. The van der Waals surface area contributed by atoms with Crippen LogP contribution >= 0.6 is 0 Å². The quantitative estimate of drug-likeness (QED) is 0.0281.